The maximum absolute atomic E-state index is 11.2. The molecule has 112 valence electrons. The molecule has 2 bridgehead atoms. The molecule has 2 heterocycles. The van der Waals surface area contributed by atoms with Gasteiger partial charge in [-0.25, -0.2) is 0 Å². The summed E-state index contributed by atoms with van der Waals surface area (Å²) in [6, 6.07) is 10.3. The van der Waals surface area contributed by atoms with Crippen LogP contribution in [0.3, 0.4) is 0 Å². The van der Waals surface area contributed by atoms with Crippen LogP contribution in [0.5, 0.6) is 0 Å². The van der Waals surface area contributed by atoms with Gasteiger partial charge in [-0.1, -0.05) is 30.3 Å². The Kier molecular flexibility index (Phi) is 5.44. The number of piperidine rings is 2. The summed E-state index contributed by atoms with van der Waals surface area (Å²) in [5, 5.41) is 9.23. The number of benzene rings is 1. The van der Waals surface area contributed by atoms with Gasteiger partial charge in [0.1, 0.15) is 5.54 Å². The molecule has 1 aliphatic carbocycles. The van der Waals surface area contributed by atoms with Crippen LogP contribution in [-0.2, 0) is 11.3 Å². The van der Waals surface area contributed by atoms with Gasteiger partial charge in [-0.3, -0.25) is 9.69 Å². The topological polar surface area (TPSA) is 66.6 Å². The van der Waals surface area contributed by atoms with Gasteiger partial charge in [0, 0.05) is 31.5 Å². The fourth-order valence-electron chi connectivity index (χ4n) is 3.38. The summed E-state index contributed by atoms with van der Waals surface area (Å²) in [7, 11) is 0. The largest absolute Gasteiger partial charge is 0.480 e. The van der Waals surface area contributed by atoms with Crippen molar-refractivity contribution < 1.29 is 9.90 Å². The second-order valence-electron chi connectivity index (χ2n) is 5.55. The van der Waals surface area contributed by atoms with Crippen molar-refractivity contribution in [1.29, 1.82) is 0 Å². The standard InChI is InChI=1S/C14H18N2O2.2ClH/c15-14(13(17)18)11-6-12(14)9-16(8-11)7-10-4-2-1-3-5-10;;/h1-5,11-12H,6-9,15H2,(H,17,18);2*1H. The lowest BCUT2D eigenvalue weighted by Crippen LogP contribution is -2.74. The second kappa shape index (κ2) is 6.31. The van der Waals surface area contributed by atoms with Crippen molar-refractivity contribution in [2.75, 3.05) is 13.1 Å². The van der Waals surface area contributed by atoms with Gasteiger partial charge in [-0.2, -0.15) is 0 Å². The van der Waals surface area contributed by atoms with Gasteiger partial charge in [0.05, 0.1) is 0 Å². The number of hydrogen-bond donors (Lipinski definition) is 2. The number of halogens is 2. The minimum Gasteiger partial charge on any atom is -0.480 e. The number of rotatable bonds is 3. The number of nitrogens with zero attached hydrogens (tertiary/aromatic N) is 1. The molecule has 0 aromatic heterocycles. The third-order valence-electron chi connectivity index (χ3n) is 4.50. The van der Waals surface area contributed by atoms with Gasteiger partial charge < -0.3 is 10.8 Å². The van der Waals surface area contributed by atoms with Crippen LogP contribution in [0.2, 0.25) is 0 Å². The van der Waals surface area contributed by atoms with Crippen molar-refractivity contribution >= 4 is 30.8 Å². The Balaban J connectivity index is 0.000001000. The van der Waals surface area contributed by atoms with Crippen LogP contribution in [0.4, 0.5) is 0 Å². The van der Waals surface area contributed by atoms with E-state index in [2.05, 4.69) is 17.0 Å². The number of carboxylic acid groups (broad SMARTS) is 1. The molecule has 0 radical (unpaired) electrons. The van der Waals surface area contributed by atoms with Crippen molar-refractivity contribution in [2.24, 2.45) is 17.6 Å². The summed E-state index contributed by atoms with van der Waals surface area (Å²) in [5.74, 6) is -0.613. The highest BCUT2D eigenvalue weighted by molar-refractivity contribution is 5.85. The molecule has 1 saturated carbocycles. The maximum atomic E-state index is 11.2. The van der Waals surface area contributed by atoms with Crippen LogP contribution in [0, 0.1) is 11.8 Å². The highest BCUT2D eigenvalue weighted by atomic mass is 35.5. The molecule has 1 aromatic rings. The molecule has 4 rings (SSSR count). The van der Waals surface area contributed by atoms with Crippen molar-refractivity contribution in [3.8, 4) is 0 Å². The number of carbonyl (C=O) groups is 1. The van der Waals surface area contributed by atoms with Crippen LogP contribution >= 0.6 is 24.8 Å². The van der Waals surface area contributed by atoms with E-state index in [0.717, 1.165) is 26.1 Å². The predicted octanol–water partition coefficient (Wildman–Crippen LogP) is 1.76. The van der Waals surface area contributed by atoms with E-state index in [1.807, 2.05) is 18.2 Å². The first-order chi connectivity index (χ1) is 8.60. The Hall–Kier alpha value is -0.810. The predicted molar refractivity (Wildman–Crippen MR) is 82.4 cm³/mol. The van der Waals surface area contributed by atoms with E-state index in [1.54, 1.807) is 0 Å². The van der Waals surface area contributed by atoms with Crippen molar-refractivity contribution in [1.82, 2.24) is 4.90 Å². The highest BCUT2D eigenvalue weighted by Crippen LogP contribution is 2.47. The Morgan fingerprint density at radius 1 is 1.25 bits per heavy atom. The summed E-state index contributed by atoms with van der Waals surface area (Å²) in [4.78, 5) is 13.6. The highest BCUT2D eigenvalue weighted by Gasteiger charge is 2.61. The molecular formula is C14H20Cl2N2O2. The molecule has 3 fully saturated rings. The fraction of sp³-hybridized carbons (Fsp3) is 0.500. The van der Waals surface area contributed by atoms with E-state index in [1.165, 1.54) is 5.56 Å². The molecule has 6 heteroatoms. The van der Waals surface area contributed by atoms with Crippen molar-refractivity contribution in [2.45, 2.75) is 18.5 Å². The smallest absolute Gasteiger partial charge is 0.324 e. The molecule has 1 aromatic carbocycles. The SMILES string of the molecule is Cl.Cl.NC1(C(=O)O)C2CC1CN(Cc1ccccc1)C2. The number of carboxylic acids is 1. The quantitative estimate of drug-likeness (QED) is 0.891. The lowest BCUT2D eigenvalue weighted by Gasteiger charge is -2.58. The molecule has 2 unspecified atom stereocenters. The monoisotopic (exact) mass is 318 g/mol. The molecule has 4 nitrogen and oxygen atoms in total. The fourth-order valence-corrected chi connectivity index (χ4v) is 3.38. The van der Waals surface area contributed by atoms with Crippen molar-refractivity contribution in [3.63, 3.8) is 0 Å². The van der Waals surface area contributed by atoms with E-state index in [-0.39, 0.29) is 36.6 Å². The molecule has 3 aliphatic rings. The number of nitrogens with two attached hydrogens (primary N) is 1. The van der Waals surface area contributed by atoms with E-state index in [4.69, 9.17) is 5.73 Å². The molecule has 2 atom stereocenters. The molecule has 0 spiro atoms. The second-order valence-corrected chi connectivity index (χ2v) is 5.55. The first-order valence-corrected chi connectivity index (χ1v) is 6.39. The van der Waals surface area contributed by atoms with Gasteiger partial charge >= 0.3 is 5.97 Å². The lowest BCUT2D eigenvalue weighted by molar-refractivity contribution is -0.165. The number of fused-ring (bicyclic) bond motifs is 2. The minimum absolute atomic E-state index is 0. The van der Waals surface area contributed by atoms with Gasteiger partial charge in [-0.05, 0) is 12.0 Å². The number of aliphatic carboxylic acids is 1. The molecule has 3 N–H and O–H groups in total. The van der Waals surface area contributed by atoms with Crippen LogP contribution < -0.4 is 5.73 Å². The molecule has 2 aliphatic heterocycles. The summed E-state index contributed by atoms with van der Waals surface area (Å²) in [6.07, 6.45) is 0.966. The van der Waals surface area contributed by atoms with Crippen LogP contribution in [0.1, 0.15) is 12.0 Å². The normalized spacial score (nSPS) is 31.4. The Morgan fingerprint density at radius 3 is 2.30 bits per heavy atom. The molecular weight excluding hydrogens is 299 g/mol. The zero-order chi connectivity index (χ0) is 12.8. The van der Waals surface area contributed by atoms with Crippen LogP contribution in [-0.4, -0.2) is 34.6 Å². The molecule has 2 saturated heterocycles. The summed E-state index contributed by atoms with van der Waals surface area (Å²) >= 11 is 0. The molecule has 0 amide bonds. The van der Waals surface area contributed by atoms with Crippen LogP contribution in [0.25, 0.3) is 0 Å². The average Bonchev–Trinajstić information content (AvgIpc) is 2.38. The van der Waals surface area contributed by atoms with Gasteiger partial charge in [0.15, 0.2) is 0 Å². The van der Waals surface area contributed by atoms with Gasteiger partial charge in [0.2, 0.25) is 0 Å². The van der Waals surface area contributed by atoms with Gasteiger partial charge in [-0.15, -0.1) is 24.8 Å². The Bertz CT molecular complexity index is 458. The summed E-state index contributed by atoms with van der Waals surface area (Å²) in [5.41, 5.74) is 6.33. The van der Waals surface area contributed by atoms with Gasteiger partial charge in [0.25, 0.3) is 0 Å². The Morgan fingerprint density at radius 2 is 1.80 bits per heavy atom. The zero-order valence-corrected chi connectivity index (χ0v) is 12.7. The Labute approximate surface area is 131 Å². The maximum Gasteiger partial charge on any atom is 0.324 e. The minimum atomic E-state index is -0.965. The third-order valence-corrected chi connectivity index (χ3v) is 4.50. The number of hydrogen-bond acceptors (Lipinski definition) is 3. The first-order valence-electron chi connectivity index (χ1n) is 6.39. The first kappa shape index (κ1) is 17.2. The average molecular weight is 319 g/mol. The van der Waals surface area contributed by atoms with E-state index < -0.39 is 11.5 Å². The van der Waals surface area contributed by atoms with Crippen LogP contribution in [0.15, 0.2) is 30.3 Å². The molecule has 20 heavy (non-hydrogen) atoms. The van der Waals surface area contributed by atoms with E-state index in [0.29, 0.717) is 0 Å². The third kappa shape index (κ3) is 2.66. The van der Waals surface area contributed by atoms with E-state index >= 15 is 0 Å². The van der Waals surface area contributed by atoms with Crippen molar-refractivity contribution in [3.05, 3.63) is 35.9 Å². The summed E-state index contributed by atoms with van der Waals surface area (Å²) < 4.78 is 0. The zero-order valence-electron chi connectivity index (χ0n) is 11.1. The van der Waals surface area contributed by atoms with E-state index in [9.17, 15) is 9.90 Å². The summed E-state index contributed by atoms with van der Waals surface area (Å²) in [6.45, 7) is 2.49. The lowest BCUT2D eigenvalue weighted by atomic mass is 9.56.